The second-order valence-electron chi connectivity index (χ2n) is 5.85. The van der Waals surface area contributed by atoms with Crippen LogP contribution in [0.1, 0.15) is 44.6 Å². The lowest BCUT2D eigenvalue weighted by Gasteiger charge is -2.45. The highest BCUT2D eigenvalue weighted by atomic mass is 16.5. The molecule has 112 valence electrons. The Morgan fingerprint density at radius 1 is 1.15 bits per heavy atom. The Bertz CT molecular complexity index is 396. The van der Waals surface area contributed by atoms with Gasteiger partial charge in [-0.1, -0.05) is 38.3 Å². The monoisotopic (exact) mass is 276 g/mol. The predicted molar refractivity (Wildman–Crippen MR) is 83.9 cm³/mol. The number of hydrogen-bond donors (Lipinski definition) is 1. The van der Waals surface area contributed by atoms with E-state index in [1.54, 1.807) is 7.11 Å². The zero-order valence-electron chi connectivity index (χ0n) is 12.9. The second kappa shape index (κ2) is 7.09. The molecule has 1 aliphatic carbocycles. The number of nitrogens with zero attached hydrogens (tertiary/aromatic N) is 1. The Morgan fingerprint density at radius 3 is 2.30 bits per heavy atom. The van der Waals surface area contributed by atoms with Crippen LogP contribution < -0.4 is 10.5 Å². The number of nitrogens with two attached hydrogens (primary N) is 1. The summed E-state index contributed by atoms with van der Waals surface area (Å²) in [6, 6.07) is 8.40. The number of methoxy groups -OCH3 is 1. The third kappa shape index (κ3) is 3.33. The molecule has 1 saturated carbocycles. The Kier molecular flexibility index (Phi) is 5.44. The van der Waals surface area contributed by atoms with Gasteiger partial charge in [-0.2, -0.15) is 0 Å². The fourth-order valence-electron chi connectivity index (χ4n) is 3.43. The van der Waals surface area contributed by atoms with E-state index in [1.165, 1.54) is 37.7 Å². The number of likely N-dealkylation sites (N-methyl/N-ethyl adjacent to an activating group) is 1. The topological polar surface area (TPSA) is 38.5 Å². The van der Waals surface area contributed by atoms with E-state index in [-0.39, 0.29) is 5.54 Å². The molecular weight excluding hydrogens is 248 g/mol. The number of rotatable bonds is 6. The second-order valence-corrected chi connectivity index (χ2v) is 5.85. The minimum Gasteiger partial charge on any atom is -0.497 e. The summed E-state index contributed by atoms with van der Waals surface area (Å²) in [5.41, 5.74) is 7.71. The van der Waals surface area contributed by atoms with Crippen molar-refractivity contribution < 1.29 is 4.74 Å². The summed E-state index contributed by atoms with van der Waals surface area (Å²) in [6.07, 6.45) is 6.48. The van der Waals surface area contributed by atoms with Crippen LogP contribution in [-0.2, 0) is 6.54 Å². The zero-order valence-corrected chi connectivity index (χ0v) is 12.9. The van der Waals surface area contributed by atoms with Crippen molar-refractivity contribution >= 4 is 0 Å². The normalized spacial score (nSPS) is 18.2. The Labute approximate surface area is 123 Å². The van der Waals surface area contributed by atoms with Crippen molar-refractivity contribution in [2.24, 2.45) is 5.73 Å². The molecule has 0 aromatic heterocycles. The van der Waals surface area contributed by atoms with Crippen LogP contribution in [0.25, 0.3) is 0 Å². The summed E-state index contributed by atoms with van der Waals surface area (Å²) in [5, 5.41) is 0. The fraction of sp³-hybridized carbons (Fsp3) is 0.647. The summed E-state index contributed by atoms with van der Waals surface area (Å²) in [7, 11) is 1.71. The molecule has 0 saturated heterocycles. The van der Waals surface area contributed by atoms with Crippen molar-refractivity contribution in [1.29, 1.82) is 0 Å². The van der Waals surface area contributed by atoms with Crippen LogP contribution in [0.5, 0.6) is 5.75 Å². The maximum atomic E-state index is 6.15. The van der Waals surface area contributed by atoms with E-state index in [4.69, 9.17) is 10.5 Å². The van der Waals surface area contributed by atoms with E-state index >= 15 is 0 Å². The van der Waals surface area contributed by atoms with Crippen LogP contribution in [0, 0.1) is 0 Å². The summed E-state index contributed by atoms with van der Waals surface area (Å²) < 4.78 is 5.22. The van der Waals surface area contributed by atoms with Gasteiger partial charge < -0.3 is 10.5 Å². The first kappa shape index (κ1) is 15.3. The molecule has 1 aromatic carbocycles. The Balaban J connectivity index is 2.09. The third-order valence-corrected chi connectivity index (χ3v) is 4.75. The summed E-state index contributed by atoms with van der Waals surface area (Å²) >= 11 is 0. The molecule has 0 bridgehead atoms. The molecular formula is C17H28N2O. The van der Waals surface area contributed by atoms with Gasteiger partial charge in [-0.25, -0.2) is 0 Å². The summed E-state index contributed by atoms with van der Waals surface area (Å²) in [6.45, 7) is 5.06. The molecule has 1 aromatic rings. The number of ether oxygens (including phenoxy) is 1. The molecule has 1 aliphatic rings. The van der Waals surface area contributed by atoms with Gasteiger partial charge in [0, 0.05) is 18.6 Å². The van der Waals surface area contributed by atoms with Gasteiger partial charge in [-0.15, -0.1) is 0 Å². The fourth-order valence-corrected chi connectivity index (χ4v) is 3.43. The Hall–Kier alpha value is -1.06. The average Bonchev–Trinajstić information content (AvgIpc) is 2.53. The van der Waals surface area contributed by atoms with Gasteiger partial charge in [0.1, 0.15) is 5.75 Å². The first-order chi connectivity index (χ1) is 9.74. The summed E-state index contributed by atoms with van der Waals surface area (Å²) in [4.78, 5) is 2.58. The summed E-state index contributed by atoms with van der Waals surface area (Å²) in [5.74, 6) is 0.919. The van der Waals surface area contributed by atoms with Crippen LogP contribution >= 0.6 is 0 Å². The van der Waals surface area contributed by atoms with Crippen molar-refractivity contribution in [1.82, 2.24) is 4.90 Å². The van der Waals surface area contributed by atoms with Crippen molar-refractivity contribution in [2.75, 3.05) is 20.2 Å². The van der Waals surface area contributed by atoms with E-state index in [9.17, 15) is 0 Å². The van der Waals surface area contributed by atoms with E-state index < -0.39 is 0 Å². The maximum Gasteiger partial charge on any atom is 0.118 e. The van der Waals surface area contributed by atoms with Gasteiger partial charge in [-0.05, 0) is 37.1 Å². The molecule has 20 heavy (non-hydrogen) atoms. The first-order valence-electron chi connectivity index (χ1n) is 7.82. The van der Waals surface area contributed by atoms with Crippen molar-refractivity contribution in [3.05, 3.63) is 29.8 Å². The van der Waals surface area contributed by atoms with Gasteiger partial charge in [-0.3, -0.25) is 4.90 Å². The first-order valence-corrected chi connectivity index (χ1v) is 7.82. The molecule has 0 spiro atoms. The molecule has 2 rings (SSSR count). The molecule has 0 aliphatic heterocycles. The standard InChI is InChI=1S/C17H28N2O/c1-3-19(17(14-18)11-5-4-6-12-17)13-15-7-9-16(20-2)10-8-15/h7-10H,3-6,11-14,18H2,1-2H3. The van der Waals surface area contributed by atoms with E-state index in [0.717, 1.165) is 25.4 Å². The molecule has 0 unspecified atom stereocenters. The highest BCUT2D eigenvalue weighted by Gasteiger charge is 2.35. The van der Waals surface area contributed by atoms with Crippen molar-refractivity contribution in [3.8, 4) is 5.75 Å². The van der Waals surface area contributed by atoms with Crippen molar-refractivity contribution in [3.63, 3.8) is 0 Å². The lowest BCUT2D eigenvalue weighted by molar-refractivity contribution is 0.0546. The van der Waals surface area contributed by atoms with Crippen LogP contribution in [0.3, 0.4) is 0 Å². The van der Waals surface area contributed by atoms with Crippen LogP contribution in [0.15, 0.2) is 24.3 Å². The van der Waals surface area contributed by atoms with Gasteiger partial charge >= 0.3 is 0 Å². The highest BCUT2D eigenvalue weighted by molar-refractivity contribution is 5.27. The molecule has 2 N–H and O–H groups in total. The molecule has 0 atom stereocenters. The van der Waals surface area contributed by atoms with E-state index in [2.05, 4.69) is 24.0 Å². The van der Waals surface area contributed by atoms with Crippen molar-refractivity contribution in [2.45, 2.75) is 51.1 Å². The lowest BCUT2D eigenvalue weighted by atomic mass is 9.80. The molecule has 0 radical (unpaired) electrons. The van der Waals surface area contributed by atoms with Gasteiger partial charge in [0.05, 0.1) is 7.11 Å². The Morgan fingerprint density at radius 2 is 1.80 bits per heavy atom. The maximum absolute atomic E-state index is 6.15. The highest BCUT2D eigenvalue weighted by Crippen LogP contribution is 2.34. The average molecular weight is 276 g/mol. The molecule has 1 fully saturated rings. The van der Waals surface area contributed by atoms with Crippen LogP contribution in [-0.4, -0.2) is 30.6 Å². The molecule has 0 heterocycles. The smallest absolute Gasteiger partial charge is 0.118 e. The number of hydrogen-bond acceptors (Lipinski definition) is 3. The van der Waals surface area contributed by atoms with Crippen LogP contribution in [0.4, 0.5) is 0 Å². The number of benzene rings is 1. The minimum atomic E-state index is 0.215. The zero-order chi connectivity index (χ0) is 14.4. The van der Waals surface area contributed by atoms with Gasteiger partial charge in [0.15, 0.2) is 0 Å². The van der Waals surface area contributed by atoms with Crippen LogP contribution in [0.2, 0.25) is 0 Å². The molecule has 3 nitrogen and oxygen atoms in total. The largest absolute Gasteiger partial charge is 0.497 e. The lowest BCUT2D eigenvalue weighted by Crippen LogP contribution is -2.54. The minimum absolute atomic E-state index is 0.215. The quantitative estimate of drug-likeness (QED) is 0.867. The molecule has 3 heteroatoms. The SMILES string of the molecule is CCN(Cc1ccc(OC)cc1)C1(CN)CCCCC1. The van der Waals surface area contributed by atoms with E-state index in [0.29, 0.717) is 0 Å². The van der Waals surface area contributed by atoms with Gasteiger partial charge in [0.2, 0.25) is 0 Å². The third-order valence-electron chi connectivity index (χ3n) is 4.75. The molecule has 0 amide bonds. The van der Waals surface area contributed by atoms with E-state index in [1.807, 2.05) is 12.1 Å². The predicted octanol–water partition coefficient (Wildman–Crippen LogP) is 3.18. The van der Waals surface area contributed by atoms with Gasteiger partial charge in [0.25, 0.3) is 0 Å².